The van der Waals surface area contributed by atoms with Gasteiger partial charge in [-0.2, -0.15) is 0 Å². The van der Waals surface area contributed by atoms with E-state index in [9.17, 15) is 14.4 Å². The largest absolute Gasteiger partial charge is 0.481 e. The van der Waals surface area contributed by atoms with Gasteiger partial charge in [0.1, 0.15) is 0 Å². The smallest absolute Gasteiger partial charge is 0.410 e. The van der Waals surface area contributed by atoms with Crippen LogP contribution in [0.3, 0.4) is 0 Å². The molecular formula is C19H35NO6. The normalized spacial score (nSPS) is 14.2. The van der Waals surface area contributed by atoms with Crippen LogP contribution in [0.5, 0.6) is 0 Å². The van der Waals surface area contributed by atoms with E-state index in [4.69, 9.17) is 14.6 Å². The number of rotatable bonds is 14. The van der Waals surface area contributed by atoms with Crippen LogP contribution in [0.2, 0.25) is 0 Å². The number of ether oxygens (including phenoxy) is 2. The quantitative estimate of drug-likeness (QED) is 0.270. The highest BCUT2D eigenvalue weighted by atomic mass is 16.7. The molecule has 0 bridgehead atoms. The van der Waals surface area contributed by atoms with Crippen molar-refractivity contribution in [2.45, 2.75) is 85.4 Å². The van der Waals surface area contributed by atoms with Gasteiger partial charge in [-0.3, -0.25) is 9.59 Å². The molecule has 0 aromatic rings. The zero-order valence-electron chi connectivity index (χ0n) is 16.6. The third-order valence-electron chi connectivity index (χ3n) is 4.14. The van der Waals surface area contributed by atoms with Crippen molar-refractivity contribution in [1.82, 2.24) is 5.32 Å². The first kappa shape index (κ1) is 24.2. The van der Waals surface area contributed by atoms with Crippen LogP contribution in [0, 0.1) is 11.8 Å². The van der Waals surface area contributed by atoms with Crippen LogP contribution < -0.4 is 5.32 Å². The summed E-state index contributed by atoms with van der Waals surface area (Å²) in [4.78, 5) is 34.0. The molecule has 0 heterocycles. The number of carbonyl (C=O) groups is 3. The van der Waals surface area contributed by atoms with Crippen molar-refractivity contribution in [2.75, 3.05) is 6.54 Å². The van der Waals surface area contributed by atoms with Gasteiger partial charge in [-0.1, -0.05) is 52.9 Å². The van der Waals surface area contributed by atoms with E-state index in [1.165, 1.54) is 26.2 Å². The van der Waals surface area contributed by atoms with Crippen molar-refractivity contribution in [3.63, 3.8) is 0 Å². The number of amides is 1. The Labute approximate surface area is 156 Å². The molecule has 0 aromatic heterocycles. The van der Waals surface area contributed by atoms with Gasteiger partial charge in [0, 0.05) is 26.3 Å². The summed E-state index contributed by atoms with van der Waals surface area (Å²) in [5.41, 5.74) is 0. The number of hydrogen-bond donors (Lipinski definition) is 2. The maximum absolute atomic E-state index is 11.8. The third kappa shape index (κ3) is 13.5. The van der Waals surface area contributed by atoms with Gasteiger partial charge in [-0.25, -0.2) is 4.79 Å². The molecule has 0 saturated carbocycles. The number of nitrogens with one attached hydrogen (secondary N) is 1. The minimum absolute atomic E-state index is 0.0000454. The predicted molar refractivity (Wildman–Crippen MR) is 98.6 cm³/mol. The van der Waals surface area contributed by atoms with Crippen LogP contribution in [-0.2, 0) is 19.1 Å². The molecule has 0 radical (unpaired) electrons. The minimum atomic E-state index is -0.974. The van der Waals surface area contributed by atoms with Crippen molar-refractivity contribution in [3.8, 4) is 0 Å². The highest BCUT2D eigenvalue weighted by molar-refractivity contribution is 5.70. The Bertz CT molecular complexity index is 426. The molecule has 0 unspecified atom stereocenters. The number of alkyl carbamates (subject to hydrolysis) is 1. The van der Waals surface area contributed by atoms with Gasteiger partial charge >= 0.3 is 18.0 Å². The van der Waals surface area contributed by atoms with Crippen molar-refractivity contribution in [2.24, 2.45) is 11.8 Å². The van der Waals surface area contributed by atoms with Gasteiger partial charge in [-0.05, 0) is 18.3 Å². The molecule has 0 aliphatic rings. The second-order valence-electron chi connectivity index (χ2n) is 6.85. The molecule has 1 amide bonds. The lowest BCUT2D eigenvalue weighted by atomic mass is 9.89. The third-order valence-corrected chi connectivity index (χ3v) is 4.14. The number of carboxylic acids is 1. The van der Waals surface area contributed by atoms with Crippen LogP contribution >= 0.6 is 0 Å². The Hall–Kier alpha value is -1.79. The molecule has 3 atom stereocenters. The Kier molecular flexibility index (Phi) is 13.4. The van der Waals surface area contributed by atoms with Gasteiger partial charge in [0.05, 0.1) is 0 Å². The predicted octanol–water partition coefficient (Wildman–Crippen LogP) is 4.10. The highest BCUT2D eigenvalue weighted by Gasteiger charge is 2.19. The van der Waals surface area contributed by atoms with E-state index in [1.54, 1.807) is 6.92 Å². The van der Waals surface area contributed by atoms with E-state index in [0.29, 0.717) is 5.92 Å². The van der Waals surface area contributed by atoms with E-state index in [0.717, 1.165) is 19.3 Å². The number of unbranched alkanes of at least 4 members (excludes halogenated alkanes) is 3. The van der Waals surface area contributed by atoms with Gasteiger partial charge in [-0.15, -0.1) is 0 Å². The monoisotopic (exact) mass is 373 g/mol. The fraction of sp³-hybridized carbons (Fsp3) is 0.842. The Balaban J connectivity index is 4.28. The summed E-state index contributed by atoms with van der Waals surface area (Å²) >= 11 is 0. The maximum atomic E-state index is 11.8. The maximum Gasteiger partial charge on any atom is 0.410 e. The summed E-state index contributed by atoms with van der Waals surface area (Å²) < 4.78 is 9.79. The zero-order valence-corrected chi connectivity index (χ0v) is 16.6. The fourth-order valence-corrected chi connectivity index (χ4v) is 2.80. The molecule has 0 saturated heterocycles. The first-order valence-electron chi connectivity index (χ1n) is 9.64. The van der Waals surface area contributed by atoms with Crippen LogP contribution in [0.4, 0.5) is 4.79 Å². The van der Waals surface area contributed by atoms with Crippen LogP contribution in [0.25, 0.3) is 0 Å². The summed E-state index contributed by atoms with van der Waals surface area (Å²) in [6.07, 6.45) is 5.06. The second kappa shape index (κ2) is 14.4. The molecule has 0 aliphatic heterocycles. The average molecular weight is 373 g/mol. The number of esters is 1. The number of hydrogen-bond acceptors (Lipinski definition) is 5. The van der Waals surface area contributed by atoms with Crippen LogP contribution in [-0.4, -0.2) is 36.0 Å². The Morgan fingerprint density at radius 3 is 2.31 bits per heavy atom. The number of carboxylic acid groups (broad SMARTS) is 1. The lowest BCUT2D eigenvalue weighted by Crippen LogP contribution is -2.34. The summed E-state index contributed by atoms with van der Waals surface area (Å²) in [7, 11) is 0. The topological polar surface area (TPSA) is 102 Å². The summed E-state index contributed by atoms with van der Waals surface area (Å²) in [5.74, 6) is -1.09. The first-order valence-corrected chi connectivity index (χ1v) is 9.64. The molecule has 0 rings (SSSR count). The fourth-order valence-electron chi connectivity index (χ4n) is 2.80. The van der Waals surface area contributed by atoms with E-state index < -0.39 is 24.3 Å². The molecular weight excluding hydrogens is 338 g/mol. The standard InChI is InChI=1S/C19H35NO6/c1-5-7-8-9-10-14(3)11-16(12-17(21)22)13-20-19(24)26-15(4)25-18(23)6-2/h14-16H,5-13H2,1-4H3,(H,20,24)(H,21,22)/t14-,15+,16+/m1/s1. The van der Waals surface area contributed by atoms with E-state index >= 15 is 0 Å². The lowest BCUT2D eigenvalue weighted by Gasteiger charge is -2.21. The lowest BCUT2D eigenvalue weighted by molar-refractivity contribution is -0.164. The van der Waals surface area contributed by atoms with Gasteiger partial charge in [0.15, 0.2) is 0 Å². The second-order valence-corrected chi connectivity index (χ2v) is 6.85. The summed E-state index contributed by atoms with van der Waals surface area (Å²) in [6, 6.07) is 0. The molecule has 7 heteroatoms. The summed E-state index contributed by atoms with van der Waals surface area (Å²) in [6.45, 7) is 7.61. The van der Waals surface area contributed by atoms with Crippen molar-refractivity contribution in [1.29, 1.82) is 0 Å². The Morgan fingerprint density at radius 1 is 1.04 bits per heavy atom. The summed E-state index contributed by atoms with van der Waals surface area (Å²) in [5, 5.41) is 11.7. The Morgan fingerprint density at radius 2 is 1.73 bits per heavy atom. The molecule has 0 aliphatic carbocycles. The highest BCUT2D eigenvalue weighted by Crippen LogP contribution is 2.21. The van der Waals surface area contributed by atoms with Crippen LogP contribution in [0.1, 0.15) is 79.1 Å². The molecule has 0 spiro atoms. The molecule has 0 fully saturated rings. The van der Waals surface area contributed by atoms with Gasteiger partial charge in [0.2, 0.25) is 6.29 Å². The van der Waals surface area contributed by atoms with Crippen LogP contribution in [0.15, 0.2) is 0 Å². The molecule has 152 valence electrons. The van der Waals surface area contributed by atoms with Gasteiger partial charge < -0.3 is 19.9 Å². The number of aliphatic carboxylic acids is 1. The van der Waals surface area contributed by atoms with Crippen molar-refractivity contribution < 1.29 is 29.0 Å². The molecule has 2 N–H and O–H groups in total. The van der Waals surface area contributed by atoms with Crippen molar-refractivity contribution in [3.05, 3.63) is 0 Å². The van der Waals surface area contributed by atoms with E-state index in [-0.39, 0.29) is 25.3 Å². The zero-order chi connectivity index (χ0) is 19.9. The van der Waals surface area contributed by atoms with Gasteiger partial charge in [0.25, 0.3) is 0 Å². The SMILES string of the molecule is CCCCCC[C@@H](C)C[C@H](CNC(=O)O[C@@H](C)OC(=O)CC)CC(=O)O. The van der Waals surface area contributed by atoms with E-state index in [2.05, 4.69) is 19.2 Å². The van der Waals surface area contributed by atoms with E-state index in [1.807, 2.05) is 0 Å². The first-order chi connectivity index (χ1) is 12.3. The molecule has 7 nitrogen and oxygen atoms in total. The molecule has 26 heavy (non-hydrogen) atoms. The van der Waals surface area contributed by atoms with Crippen molar-refractivity contribution >= 4 is 18.0 Å². The molecule has 0 aromatic carbocycles. The average Bonchev–Trinajstić information content (AvgIpc) is 2.55. The number of carbonyl (C=O) groups excluding carboxylic acids is 2. The minimum Gasteiger partial charge on any atom is -0.481 e.